The van der Waals surface area contributed by atoms with Gasteiger partial charge in [-0.05, 0) is 66.2 Å². The number of halogens is 3. The number of carbonyl (C=O) groups is 1. The summed E-state index contributed by atoms with van der Waals surface area (Å²) in [6.07, 6.45) is 0. The average molecular weight is 452 g/mol. The first-order valence-corrected chi connectivity index (χ1v) is 9.63. The van der Waals surface area contributed by atoms with Crippen LogP contribution in [-0.4, -0.2) is 20.3 Å². The molecule has 1 amide bonds. The molecule has 4 aromatic rings. The van der Waals surface area contributed by atoms with Gasteiger partial charge in [0, 0.05) is 5.69 Å². The number of benzene rings is 3. The highest BCUT2D eigenvalue weighted by molar-refractivity contribution is 6.02. The molecule has 10 heteroatoms. The lowest BCUT2D eigenvalue weighted by molar-refractivity contribution is 0.101. The molecule has 0 spiro atoms. The van der Waals surface area contributed by atoms with Crippen LogP contribution in [0.2, 0.25) is 0 Å². The summed E-state index contributed by atoms with van der Waals surface area (Å²) >= 11 is 0. The van der Waals surface area contributed by atoms with Gasteiger partial charge in [-0.25, -0.2) is 18.0 Å². The van der Waals surface area contributed by atoms with Crippen LogP contribution in [-0.2, 0) is 6.54 Å². The van der Waals surface area contributed by atoms with Crippen molar-refractivity contribution >= 4 is 11.6 Å². The molecule has 0 atom stereocenters. The molecule has 0 aliphatic heterocycles. The van der Waals surface area contributed by atoms with E-state index in [1.54, 1.807) is 0 Å². The van der Waals surface area contributed by atoms with Gasteiger partial charge in [-0.15, -0.1) is 0 Å². The number of hydrogen-bond acceptors (Lipinski definition) is 4. The normalized spacial score (nSPS) is 10.8. The molecule has 0 saturated carbocycles. The van der Waals surface area contributed by atoms with Gasteiger partial charge in [-0.2, -0.15) is 9.78 Å². The third-order valence-corrected chi connectivity index (χ3v) is 4.68. The fraction of sp³-hybridized carbons (Fsp3) is 0.0435. The molecule has 0 fully saturated rings. The van der Waals surface area contributed by atoms with Crippen LogP contribution < -0.4 is 16.6 Å². The van der Waals surface area contributed by atoms with Crippen molar-refractivity contribution in [3.05, 3.63) is 122 Å². The van der Waals surface area contributed by atoms with E-state index < -0.39 is 40.3 Å². The maximum absolute atomic E-state index is 13.6. The van der Waals surface area contributed by atoms with Gasteiger partial charge >= 0.3 is 5.69 Å². The van der Waals surface area contributed by atoms with Crippen molar-refractivity contribution in [2.45, 2.75) is 6.54 Å². The van der Waals surface area contributed by atoms with Crippen LogP contribution in [0, 0.1) is 17.5 Å². The van der Waals surface area contributed by atoms with E-state index in [9.17, 15) is 27.6 Å². The van der Waals surface area contributed by atoms with Crippen LogP contribution in [0.4, 0.5) is 18.9 Å². The van der Waals surface area contributed by atoms with E-state index in [2.05, 4.69) is 10.4 Å². The molecule has 0 aliphatic carbocycles. The Kier molecular flexibility index (Phi) is 5.90. The number of rotatable bonds is 5. The zero-order chi connectivity index (χ0) is 23.5. The van der Waals surface area contributed by atoms with Crippen molar-refractivity contribution in [2.75, 3.05) is 5.32 Å². The lowest BCUT2D eigenvalue weighted by Gasteiger charge is -2.12. The molecule has 0 aliphatic rings. The Morgan fingerprint density at radius 3 is 2.12 bits per heavy atom. The summed E-state index contributed by atoms with van der Waals surface area (Å²) in [6, 6.07) is 14.8. The molecule has 4 rings (SSSR count). The second-order valence-corrected chi connectivity index (χ2v) is 7.00. The second kappa shape index (κ2) is 8.95. The van der Waals surface area contributed by atoms with E-state index in [0.29, 0.717) is 5.56 Å². The molecule has 1 aromatic heterocycles. The molecule has 0 radical (unpaired) electrons. The molecule has 0 unspecified atom stereocenters. The standard InChI is InChI=1S/C23H15F3N4O3/c24-15-4-8-18(9-5-15)27-21(31)20-22(32)29(13-14-2-1-3-17(26)12-14)23(33)30(28-20)19-10-6-16(25)7-11-19/h1-12H,13H2,(H,27,31). The molecule has 1 heterocycles. The van der Waals surface area contributed by atoms with Crippen LogP contribution in [0.5, 0.6) is 0 Å². The fourth-order valence-corrected chi connectivity index (χ4v) is 3.09. The number of aromatic nitrogens is 3. The van der Waals surface area contributed by atoms with Crippen LogP contribution in [0.1, 0.15) is 16.1 Å². The Labute approximate surface area is 184 Å². The zero-order valence-corrected chi connectivity index (χ0v) is 16.8. The molecule has 3 aromatic carbocycles. The lowest BCUT2D eigenvalue weighted by Crippen LogP contribution is -2.45. The van der Waals surface area contributed by atoms with Crippen LogP contribution in [0.25, 0.3) is 5.69 Å². The van der Waals surface area contributed by atoms with Gasteiger partial charge in [0.2, 0.25) is 5.69 Å². The third kappa shape index (κ3) is 4.74. The largest absolute Gasteiger partial charge is 0.352 e. The van der Waals surface area contributed by atoms with Gasteiger partial charge in [-0.1, -0.05) is 12.1 Å². The first-order valence-electron chi connectivity index (χ1n) is 9.63. The van der Waals surface area contributed by atoms with Crippen LogP contribution in [0.3, 0.4) is 0 Å². The first-order chi connectivity index (χ1) is 15.8. The predicted molar refractivity (Wildman–Crippen MR) is 114 cm³/mol. The number of amides is 1. The molecule has 0 bridgehead atoms. The summed E-state index contributed by atoms with van der Waals surface area (Å²) in [4.78, 5) is 38.9. The van der Waals surface area contributed by atoms with E-state index in [1.807, 2.05) is 0 Å². The average Bonchev–Trinajstić information content (AvgIpc) is 2.79. The van der Waals surface area contributed by atoms with E-state index in [-0.39, 0.29) is 17.9 Å². The highest BCUT2D eigenvalue weighted by atomic mass is 19.1. The van der Waals surface area contributed by atoms with Crippen molar-refractivity contribution in [3.8, 4) is 5.69 Å². The quantitative estimate of drug-likeness (QED) is 0.504. The fourth-order valence-electron chi connectivity index (χ4n) is 3.09. The number of carbonyl (C=O) groups excluding carboxylic acids is 1. The molecular formula is C23H15F3N4O3. The van der Waals surface area contributed by atoms with E-state index in [1.165, 1.54) is 42.5 Å². The summed E-state index contributed by atoms with van der Waals surface area (Å²) in [6.45, 7) is -0.337. The topological polar surface area (TPSA) is 86.0 Å². The minimum atomic E-state index is -1.01. The lowest BCUT2D eigenvalue weighted by atomic mass is 10.2. The molecule has 7 nitrogen and oxygen atoms in total. The van der Waals surface area contributed by atoms with Crippen molar-refractivity contribution in [3.63, 3.8) is 0 Å². The third-order valence-electron chi connectivity index (χ3n) is 4.68. The summed E-state index contributed by atoms with van der Waals surface area (Å²) in [5.41, 5.74) is -1.96. The van der Waals surface area contributed by atoms with Gasteiger partial charge in [0.25, 0.3) is 11.5 Å². The summed E-state index contributed by atoms with van der Waals surface area (Å²) in [5.74, 6) is -2.60. The monoisotopic (exact) mass is 452 g/mol. The molecule has 166 valence electrons. The highest BCUT2D eigenvalue weighted by Gasteiger charge is 2.21. The van der Waals surface area contributed by atoms with Gasteiger partial charge in [0.1, 0.15) is 17.5 Å². The van der Waals surface area contributed by atoms with E-state index in [0.717, 1.165) is 39.6 Å². The number of anilines is 1. The molecule has 0 saturated heterocycles. The van der Waals surface area contributed by atoms with E-state index in [4.69, 9.17) is 0 Å². The van der Waals surface area contributed by atoms with Gasteiger partial charge in [-0.3, -0.25) is 14.2 Å². The van der Waals surface area contributed by atoms with Crippen molar-refractivity contribution in [1.29, 1.82) is 0 Å². The first kappa shape index (κ1) is 21.8. The summed E-state index contributed by atoms with van der Waals surface area (Å²) in [5, 5.41) is 6.31. The maximum Gasteiger partial charge on any atom is 0.352 e. The SMILES string of the molecule is O=C(Nc1ccc(F)cc1)c1nn(-c2ccc(F)cc2)c(=O)n(Cc2cccc(F)c2)c1=O. The van der Waals surface area contributed by atoms with Gasteiger partial charge < -0.3 is 5.32 Å². The molecule has 33 heavy (non-hydrogen) atoms. The number of nitrogens with one attached hydrogen (secondary N) is 1. The number of nitrogens with zero attached hydrogens (tertiary/aromatic N) is 3. The maximum atomic E-state index is 13.6. The zero-order valence-electron chi connectivity index (χ0n) is 16.8. The van der Waals surface area contributed by atoms with Crippen molar-refractivity contribution in [2.24, 2.45) is 0 Å². The second-order valence-electron chi connectivity index (χ2n) is 7.00. The summed E-state index contributed by atoms with van der Waals surface area (Å²) < 4.78 is 41.6. The van der Waals surface area contributed by atoms with Crippen LogP contribution >= 0.6 is 0 Å². The Balaban J connectivity index is 1.84. The minimum Gasteiger partial charge on any atom is -0.320 e. The minimum absolute atomic E-state index is 0.102. The van der Waals surface area contributed by atoms with Crippen molar-refractivity contribution < 1.29 is 18.0 Å². The Morgan fingerprint density at radius 2 is 1.48 bits per heavy atom. The number of hydrogen-bond donors (Lipinski definition) is 1. The Hall–Kier alpha value is -4.47. The predicted octanol–water partition coefficient (Wildman–Crippen LogP) is 3.11. The molecule has 1 N–H and O–H groups in total. The van der Waals surface area contributed by atoms with Crippen LogP contribution in [0.15, 0.2) is 82.4 Å². The molecular weight excluding hydrogens is 437 g/mol. The van der Waals surface area contributed by atoms with Gasteiger partial charge in [0.15, 0.2) is 0 Å². The Bertz CT molecular complexity index is 1450. The van der Waals surface area contributed by atoms with E-state index >= 15 is 0 Å². The van der Waals surface area contributed by atoms with Crippen molar-refractivity contribution in [1.82, 2.24) is 14.3 Å². The van der Waals surface area contributed by atoms with Gasteiger partial charge in [0.05, 0.1) is 12.2 Å². The smallest absolute Gasteiger partial charge is 0.320 e. The highest BCUT2D eigenvalue weighted by Crippen LogP contribution is 2.10. The summed E-state index contributed by atoms with van der Waals surface area (Å²) in [7, 11) is 0. The Morgan fingerprint density at radius 1 is 0.848 bits per heavy atom.